The summed E-state index contributed by atoms with van der Waals surface area (Å²) in [6.07, 6.45) is 3.12. The number of ether oxygens (including phenoxy) is 2. The number of carbonyl (C=O) groups excluding carboxylic acids is 1. The first kappa shape index (κ1) is 16.1. The van der Waals surface area contributed by atoms with Crippen LogP contribution in [0.3, 0.4) is 0 Å². The Bertz CT molecular complexity index is 833. The van der Waals surface area contributed by atoms with Gasteiger partial charge in [-0.15, -0.1) is 0 Å². The minimum atomic E-state index is -0.769. The number of piperidine rings is 1. The first-order valence-corrected chi connectivity index (χ1v) is 9.46. The minimum Gasteiger partial charge on any atom is -0.447 e. The Balaban J connectivity index is 1.30. The van der Waals surface area contributed by atoms with Crippen LogP contribution in [0.1, 0.15) is 50.7 Å². The van der Waals surface area contributed by atoms with Gasteiger partial charge in [-0.1, -0.05) is 35.4 Å². The summed E-state index contributed by atoms with van der Waals surface area (Å²) in [4.78, 5) is 19.0. The monoisotopic (exact) mass is 352 g/mol. The Morgan fingerprint density at radius 3 is 2.46 bits per heavy atom. The summed E-state index contributed by atoms with van der Waals surface area (Å²) in [6, 6.07) is 9.02. The Morgan fingerprint density at radius 1 is 1.04 bits per heavy atom. The zero-order valence-electron chi connectivity index (χ0n) is 15.4. The molecule has 1 saturated heterocycles. The number of amides is 1. The van der Waals surface area contributed by atoms with Crippen LogP contribution < -0.4 is 0 Å². The van der Waals surface area contributed by atoms with Crippen LogP contribution in [-0.4, -0.2) is 35.5 Å². The lowest BCUT2D eigenvalue weighted by atomic mass is 9.84. The van der Waals surface area contributed by atoms with E-state index in [0.717, 1.165) is 25.9 Å². The molecule has 4 aliphatic rings. The number of hydrogen-bond donors (Lipinski definition) is 0. The lowest BCUT2D eigenvalue weighted by molar-refractivity contribution is -0.130. The van der Waals surface area contributed by atoms with Gasteiger partial charge in [0.05, 0.1) is 12.2 Å². The number of carbonyl (C=O) groups is 1. The van der Waals surface area contributed by atoms with E-state index in [4.69, 9.17) is 9.47 Å². The third-order valence-corrected chi connectivity index (χ3v) is 6.56. The zero-order chi connectivity index (χ0) is 17.9. The highest BCUT2D eigenvalue weighted by Gasteiger charge is 2.52. The Labute approximate surface area is 153 Å². The molecule has 5 heteroatoms. The molecule has 0 N–H and O–H groups in total. The number of rotatable bonds is 0. The van der Waals surface area contributed by atoms with Crippen LogP contribution in [0.25, 0.3) is 0 Å². The second-order valence-corrected chi connectivity index (χ2v) is 8.14. The molecule has 5 nitrogen and oxygen atoms in total. The summed E-state index contributed by atoms with van der Waals surface area (Å²) in [6.45, 7) is 6.44. The molecule has 1 aromatic rings. The first-order valence-electron chi connectivity index (χ1n) is 9.46. The van der Waals surface area contributed by atoms with E-state index < -0.39 is 5.60 Å². The normalized spacial score (nSPS) is 25.8. The first-order chi connectivity index (χ1) is 12.5. The molecule has 0 atom stereocenters. The fraction of sp³-hybridized carbons (Fsp3) is 0.524. The molecule has 3 aliphatic heterocycles. The molecule has 1 amide bonds. The van der Waals surface area contributed by atoms with Crippen molar-refractivity contribution in [3.63, 3.8) is 0 Å². The maximum Gasteiger partial charge on any atom is 0.296 e. The number of amidine groups is 1. The Hall–Kier alpha value is -2.14. The summed E-state index contributed by atoms with van der Waals surface area (Å²) < 4.78 is 12.4. The maximum atomic E-state index is 12.6. The molecule has 5 rings (SSSR count). The van der Waals surface area contributed by atoms with Crippen molar-refractivity contribution < 1.29 is 14.3 Å². The fourth-order valence-corrected chi connectivity index (χ4v) is 4.87. The van der Waals surface area contributed by atoms with Crippen molar-refractivity contribution in [1.82, 2.24) is 4.90 Å². The van der Waals surface area contributed by atoms with Crippen LogP contribution in [0.4, 0.5) is 0 Å². The largest absolute Gasteiger partial charge is 0.447 e. The van der Waals surface area contributed by atoms with Gasteiger partial charge in [0.1, 0.15) is 0 Å². The van der Waals surface area contributed by atoms with Gasteiger partial charge in [0.2, 0.25) is 0 Å². The molecule has 26 heavy (non-hydrogen) atoms. The molecule has 2 spiro atoms. The molecule has 1 fully saturated rings. The summed E-state index contributed by atoms with van der Waals surface area (Å²) in [5.41, 5.74) is 4.18. The van der Waals surface area contributed by atoms with Crippen molar-refractivity contribution in [2.24, 2.45) is 4.99 Å². The van der Waals surface area contributed by atoms with Gasteiger partial charge in [-0.3, -0.25) is 4.79 Å². The van der Waals surface area contributed by atoms with Crippen molar-refractivity contribution in [2.75, 3.05) is 13.1 Å². The van der Waals surface area contributed by atoms with Gasteiger partial charge >= 0.3 is 0 Å². The fourth-order valence-electron chi connectivity index (χ4n) is 4.87. The second kappa shape index (κ2) is 5.43. The SMILES string of the molecule is CC1=C(C)CC2(C1)OC(N1CCC3(CC1)OCc1ccccc13)=NC2=O. The van der Waals surface area contributed by atoms with Gasteiger partial charge in [-0.25, -0.2) is 0 Å². The summed E-state index contributed by atoms with van der Waals surface area (Å²) in [7, 11) is 0. The van der Waals surface area contributed by atoms with Crippen LogP contribution in [0.15, 0.2) is 40.4 Å². The number of hydrogen-bond acceptors (Lipinski definition) is 4. The number of benzene rings is 1. The lowest BCUT2D eigenvalue weighted by Crippen LogP contribution is -2.46. The van der Waals surface area contributed by atoms with Crippen molar-refractivity contribution in [2.45, 2.75) is 57.3 Å². The van der Waals surface area contributed by atoms with E-state index in [9.17, 15) is 4.79 Å². The molecule has 3 heterocycles. The van der Waals surface area contributed by atoms with Crippen LogP contribution in [0.2, 0.25) is 0 Å². The average molecular weight is 352 g/mol. The molecule has 1 aromatic carbocycles. The van der Waals surface area contributed by atoms with Crippen molar-refractivity contribution >= 4 is 11.9 Å². The van der Waals surface area contributed by atoms with E-state index in [-0.39, 0.29) is 11.5 Å². The van der Waals surface area contributed by atoms with Gasteiger partial charge < -0.3 is 14.4 Å². The van der Waals surface area contributed by atoms with E-state index in [0.29, 0.717) is 25.5 Å². The van der Waals surface area contributed by atoms with Gasteiger partial charge in [0.15, 0.2) is 5.60 Å². The third kappa shape index (κ3) is 2.19. The molecule has 136 valence electrons. The lowest BCUT2D eigenvalue weighted by Gasteiger charge is -2.39. The van der Waals surface area contributed by atoms with Crippen molar-refractivity contribution in [3.05, 3.63) is 46.5 Å². The molecule has 0 aromatic heterocycles. The number of fused-ring (bicyclic) bond motifs is 2. The Kier molecular flexibility index (Phi) is 3.35. The Morgan fingerprint density at radius 2 is 1.73 bits per heavy atom. The van der Waals surface area contributed by atoms with Crippen LogP contribution in [-0.2, 0) is 26.5 Å². The van der Waals surface area contributed by atoms with E-state index >= 15 is 0 Å². The second-order valence-electron chi connectivity index (χ2n) is 8.14. The number of aliphatic imine (C=N–C) groups is 1. The van der Waals surface area contributed by atoms with Crippen LogP contribution in [0, 0.1) is 0 Å². The topological polar surface area (TPSA) is 51.1 Å². The average Bonchev–Trinajstić information content (AvgIpc) is 3.25. The van der Waals surface area contributed by atoms with Crippen molar-refractivity contribution in [3.8, 4) is 0 Å². The summed E-state index contributed by atoms with van der Waals surface area (Å²) in [5, 5.41) is 0. The summed E-state index contributed by atoms with van der Waals surface area (Å²) >= 11 is 0. The molecule has 0 radical (unpaired) electrons. The standard InChI is InChI=1S/C21H24N2O3/c1-14-11-21(12-15(14)2)18(24)22-19(26-21)23-9-7-20(8-10-23)17-6-4-3-5-16(17)13-25-20/h3-6H,7-13H2,1-2H3. The van der Waals surface area contributed by atoms with Crippen LogP contribution in [0.5, 0.6) is 0 Å². The smallest absolute Gasteiger partial charge is 0.296 e. The van der Waals surface area contributed by atoms with Crippen LogP contribution >= 0.6 is 0 Å². The highest BCUT2D eigenvalue weighted by atomic mass is 16.5. The molecule has 0 unspecified atom stereocenters. The summed E-state index contributed by atoms with van der Waals surface area (Å²) in [5.74, 6) is -0.119. The van der Waals surface area contributed by atoms with E-state index in [1.807, 2.05) is 0 Å². The molecule has 0 saturated carbocycles. The predicted molar refractivity (Wildman–Crippen MR) is 97.6 cm³/mol. The molecular weight excluding hydrogens is 328 g/mol. The third-order valence-electron chi connectivity index (χ3n) is 6.56. The van der Waals surface area contributed by atoms with E-state index in [2.05, 4.69) is 48.0 Å². The van der Waals surface area contributed by atoms with Gasteiger partial charge in [0, 0.05) is 25.9 Å². The quantitative estimate of drug-likeness (QED) is 0.673. The zero-order valence-corrected chi connectivity index (χ0v) is 15.4. The predicted octanol–water partition coefficient (Wildman–Crippen LogP) is 3.29. The number of likely N-dealkylation sites (tertiary alicyclic amines) is 1. The van der Waals surface area contributed by atoms with E-state index in [1.54, 1.807) is 0 Å². The van der Waals surface area contributed by atoms with Gasteiger partial charge in [-0.2, -0.15) is 4.99 Å². The van der Waals surface area contributed by atoms with Gasteiger partial charge in [0.25, 0.3) is 11.9 Å². The van der Waals surface area contributed by atoms with E-state index in [1.165, 1.54) is 22.3 Å². The molecule has 1 aliphatic carbocycles. The molecular formula is C21H24N2O3. The highest BCUT2D eigenvalue weighted by molar-refractivity contribution is 6.02. The highest BCUT2D eigenvalue weighted by Crippen LogP contribution is 2.45. The number of nitrogens with zero attached hydrogens (tertiary/aromatic N) is 2. The molecule has 0 bridgehead atoms. The van der Waals surface area contributed by atoms with Gasteiger partial charge in [-0.05, 0) is 37.8 Å². The van der Waals surface area contributed by atoms with Crippen molar-refractivity contribution in [1.29, 1.82) is 0 Å². The maximum absolute atomic E-state index is 12.6. The minimum absolute atomic E-state index is 0.119.